The molecular weight excluding hydrogens is 606 g/mol. The number of aryl methyl sites for hydroxylation is 1. The predicted octanol–water partition coefficient (Wildman–Crippen LogP) is 5.56. The normalized spacial score (nSPS) is 10.8. The Hall–Kier alpha value is -2.14. The number of rotatable bonds is 7. The van der Waals surface area contributed by atoms with Crippen LogP contribution in [0.3, 0.4) is 0 Å². The number of hydrogen-bond donors (Lipinski definition) is 1. The molecule has 0 radical (unpaired) electrons. The highest BCUT2D eigenvalue weighted by molar-refractivity contribution is 14.1. The van der Waals surface area contributed by atoms with Gasteiger partial charge in [0.25, 0.3) is 5.91 Å². The summed E-state index contributed by atoms with van der Waals surface area (Å²) in [6, 6.07) is 19.3. The third-order valence-electron chi connectivity index (χ3n) is 4.22. The first kappa shape index (κ1) is 22.5. The fraction of sp³-hybridized carbons (Fsp3) is 0.130. The average Bonchev–Trinajstić information content (AvgIpc) is 2.73. The smallest absolute Gasteiger partial charge is 0.271 e. The van der Waals surface area contributed by atoms with Gasteiger partial charge >= 0.3 is 0 Å². The molecule has 5 nitrogen and oxygen atoms in total. The van der Waals surface area contributed by atoms with Gasteiger partial charge in [-0.1, -0.05) is 35.9 Å². The minimum atomic E-state index is -0.260. The zero-order valence-electron chi connectivity index (χ0n) is 16.5. The van der Waals surface area contributed by atoms with Gasteiger partial charge in [0, 0.05) is 9.13 Å². The van der Waals surface area contributed by atoms with Gasteiger partial charge in [0.2, 0.25) is 0 Å². The van der Waals surface area contributed by atoms with E-state index in [2.05, 4.69) is 74.8 Å². The van der Waals surface area contributed by atoms with Gasteiger partial charge < -0.3 is 9.47 Å². The Morgan fingerprint density at radius 3 is 2.57 bits per heavy atom. The Bertz CT molecular complexity index is 1070. The van der Waals surface area contributed by atoms with E-state index in [1.165, 1.54) is 5.56 Å². The van der Waals surface area contributed by atoms with Crippen molar-refractivity contribution in [1.29, 1.82) is 0 Å². The molecule has 3 aromatic carbocycles. The first-order valence-corrected chi connectivity index (χ1v) is 11.3. The van der Waals surface area contributed by atoms with Crippen LogP contribution in [0.15, 0.2) is 65.8 Å². The van der Waals surface area contributed by atoms with Gasteiger partial charge in [-0.25, -0.2) is 5.43 Å². The third-order valence-corrected chi connectivity index (χ3v) is 5.69. The van der Waals surface area contributed by atoms with E-state index in [4.69, 9.17) is 9.47 Å². The molecule has 1 amide bonds. The molecule has 0 atom stereocenters. The fourth-order valence-electron chi connectivity index (χ4n) is 2.65. The Balaban J connectivity index is 1.69. The molecule has 0 heterocycles. The van der Waals surface area contributed by atoms with Crippen LogP contribution >= 0.6 is 45.2 Å². The number of methoxy groups -OCH3 is 1. The third kappa shape index (κ3) is 6.18. The number of amides is 1. The quantitative estimate of drug-likeness (QED) is 0.213. The van der Waals surface area contributed by atoms with E-state index in [0.717, 1.165) is 18.3 Å². The summed E-state index contributed by atoms with van der Waals surface area (Å²) in [5, 5.41) is 4.07. The number of hydrogen-bond acceptors (Lipinski definition) is 4. The number of hydrazone groups is 1. The van der Waals surface area contributed by atoms with E-state index in [9.17, 15) is 4.79 Å². The number of halogens is 2. The summed E-state index contributed by atoms with van der Waals surface area (Å²) in [6.07, 6.45) is 1.58. The van der Waals surface area contributed by atoms with Gasteiger partial charge in [-0.2, -0.15) is 5.10 Å². The SMILES string of the molecule is COc1cc(/C=N\NC(=O)c2cccc(I)c2)cc(I)c1OCc1ccc(C)cc1. The second kappa shape index (κ2) is 10.8. The molecule has 0 fully saturated rings. The molecule has 1 N–H and O–H groups in total. The zero-order valence-corrected chi connectivity index (χ0v) is 20.8. The zero-order chi connectivity index (χ0) is 21.5. The van der Waals surface area contributed by atoms with Gasteiger partial charge in [0.15, 0.2) is 11.5 Å². The van der Waals surface area contributed by atoms with Gasteiger partial charge in [0.05, 0.1) is 16.9 Å². The maximum atomic E-state index is 12.2. The van der Waals surface area contributed by atoms with E-state index in [-0.39, 0.29) is 5.91 Å². The summed E-state index contributed by atoms with van der Waals surface area (Å²) in [5.41, 5.74) is 6.20. The van der Waals surface area contributed by atoms with Crippen LogP contribution in [0.4, 0.5) is 0 Å². The molecule has 0 aromatic heterocycles. The number of benzene rings is 3. The molecule has 0 spiro atoms. The molecule has 0 aliphatic carbocycles. The van der Waals surface area contributed by atoms with E-state index in [1.807, 2.05) is 36.4 Å². The fourth-order valence-corrected chi connectivity index (χ4v) is 3.98. The van der Waals surface area contributed by atoms with Crippen molar-refractivity contribution in [2.24, 2.45) is 5.10 Å². The standard InChI is InChI=1S/C23H20I2N2O3/c1-15-6-8-16(9-7-15)14-30-22-20(25)10-17(11-21(22)29-2)13-26-27-23(28)18-4-3-5-19(24)12-18/h3-13H,14H2,1-2H3,(H,27,28)/b26-13-. The predicted molar refractivity (Wildman–Crippen MR) is 135 cm³/mol. The summed E-state index contributed by atoms with van der Waals surface area (Å²) in [5.74, 6) is 1.03. The summed E-state index contributed by atoms with van der Waals surface area (Å²) < 4.78 is 13.4. The largest absolute Gasteiger partial charge is 0.493 e. The maximum Gasteiger partial charge on any atom is 0.271 e. The van der Waals surface area contributed by atoms with Crippen molar-refractivity contribution in [3.8, 4) is 11.5 Å². The Morgan fingerprint density at radius 1 is 1.10 bits per heavy atom. The molecule has 0 bridgehead atoms. The first-order chi connectivity index (χ1) is 14.5. The van der Waals surface area contributed by atoms with Crippen molar-refractivity contribution < 1.29 is 14.3 Å². The van der Waals surface area contributed by atoms with Gasteiger partial charge in [0.1, 0.15) is 6.61 Å². The van der Waals surface area contributed by atoms with E-state index >= 15 is 0 Å². The number of nitrogens with zero attached hydrogens (tertiary/aromatic N) is 1. The molecule has 0 aliphatic rings. The maximum absolute atomic E-state index is 12.2. The number of carbonyl (C=O) groups excluding carboxylic acids is 1. The van der Waals surface area contributed by atoms with Crippen molar-refractivity contribution in [3.05, 3.63) is 90.1 Å². The number of ether oxygens (including phenoxy) is 2. The number of carbonyl (C=O) groups is 1. The van der Waals surface area contributed by atoms with E-state index < -0.39 is 0 Å². The van der Waals surface area contributed by atoms with Crippen molar-refractivity contribution >= 4 is 57.3 Å². The van der Waals surface area contributed by atoms with Gasteiger partial charge in [-0.3, -0.25) is 4.79 Å². The summed E-state index contributed by atoms with van der Waals surface area (Å²) in [4.78, 5) is 12.2. The molecule has 154 valence electrons. The Labute approximate surface area is 203 Å². The van der Waals surface area contributed by atoms with Crippen LogP contribution in [0.5, 0.6) is 11.5 Å². The second-order valence-electron chi connectivity index (χ2n) is 6.52. The van der Waals surface area contributed by atoms with Crippen LogP contribution in [-0.4, -0.2) is 19.2 Å². The minimum absolute atomic E-state index is 0.260. The second-order valence-corrected chi connectivity index (χ2v) is 8.93. The first-order valence-electron chi connectivity index (χ1n) is 9.11. The van der Waals surface area contributed by atoms with Crippen LogP contribution in [0.25, 0.3) is 0 Å². The molecule has 0 aliphatic heterocycles. The molecule has 0 saturated carbocycles. The Kier molecular flexibility index (Phi) is 8.08. The lowest BCUT2D eigenvalue weighted by atomic mass is 10.2. The lowest BCUT2D eigenvalue weighted by Gasteiger charge is -2.13. The summed E-state index contributed by atoms with van der Waals surface area (Å²) in [6.45, 7) is 2.51. The van der Waals surface area contributed by atoms with E-state index in [1.54, 1.807) is 25.5 Å². The topological polar surface area (TPSA) is 59.9 Å². The molecule has 7 heteroatoms. The molecule has 3 rings (SSSR count). The van der Waals surface area contributed by atoms with Crippen LogP contribution in [0.2, 0.25) is 0 Å². The minimum Gasteiger partial charge on any atom is -0.493 e. The van der Waals surface area contributed by atoms with Crippen molar-refractivity contribution in [2.45, 2.75) is 13.5 Å². The highest BCUT2D eigenvalue weighted by atomic mass is 127. The lowest BCUT2D eigenvalue weighted by molar-refractivity contribution is 0.0955. The number of nitrogens with one attached hydrogen (secondary N) is 1. The molecule has 0 unspecified atom stereocenters. The molecule has 30 heavy (non-hydrogen) atoms. The van der Waals surface area contributed by atoms with Crippen LogP contribution in [-0.2, 0) is 6.61 Å². The average molecular weight is 626 g/mol. The van der Waals surface area contributed by atoms with Crippen LogP contribution in [0.1, 0.15) is 27.0 Å². The van der Waals surface area contributed by atoms with Gasteiger partial charge in [-0.15, -0.1) is 0 Å². The lowest BCUT2D eigenvalue weighted by Crippen LogP contribution is -2.17. The molecule has 0 saturated heterocycles. The molecular formula is C23H20I2N2O3. The van der Waals surface area contributed by atoms with Crippen molar-refractivity contribution in [3.63, 3.8) is 0 Å². The van der Waals surface area contributed by atoms with Crippen LogP contribution < -0.4 is 14.9 Å². The monoisotopic (exact) mass is 626 g/mol. The van der Waals surface area contributed by atoms with E-state index in [0.29, 0.717) is 23.7 Å². The summed E-state index contributed by atoms with van der Waals surface area (Å²) in [7, 11) is 1.60. The summed E-state index contributed by atoms with van der Waals surface area (Å²) >= 11 is 4.37. The van der Waals surface area contributed by atoms with Crippen LogP contribution in [0, 0.1) is 14.1 Å². The van der Waals surface area contributed by atoms with Crippen molar-refractivity contribution in [2.75, 3.05) is 7.11 Å². The highest BCUT2D eigenvalue weighted by Gasteiger charge is 2.12. The van der Waals surface area contributed by atoms with Gasteiger partial charge in [-0.05, 0) is 93.6 Å². The highest BCUT2D eigenvalue weighted by Crippen LogP contribution is 2.34. The molecule has 3 aromatic rings. The Morgan fingerprint density at radius 2 is 1.87 bits per heavy atom. The van der Waals surface area contributed by atoms with Crippen molar-refractivity contribution in [1.82, 2.24) is 5.43 Å².